The summed E-state index contributed by atoms with van der Waals surface area (Å²) in [6.45, 7) is 3.93. The Bertz CT molecular complexity index is 701. The SMILES string of the molecule is CCCNC(=O)CN1C(=O)NC(C)(c2ccc3c(c2)CCC3)C1=O. The lowest BCUT2D eigenvalue weighted by molar-refractivity contribution is -0.134. The van der Waals surface area contributed by atoms with E-state index in [9.17, 15) is 14.4 Å². The molecule has 0 saturated carbocycles. The van der Waals surface area contributed by atoms with Crippen LogP contribution >= 0.6 is 0 Å². The second-order valence-electron chi connectivity index (χ2n) is 6.63. The molecular weight excluding hydrogens is 306 g/mol. The number of imide groups is 1. The first-order valence-corrected chi connectivity index (χ1v) is 8.49. The van der Waals surface area contributed by atoms with Crippen molar-refractivity contribution in [1.29, 1.82) is 0 Å². The van der Waals surface area contributed by atoms with Gasteiger partial charge in [0.05, 0.1) is 0 Å². The zero-order valence-electron chi connectivity index (χ0n) is 14.1. The minimum atomic E-state index is -1.11. The van der Waals surface area contributed by atoms with Gasteiger partial charge in [-0.05, 0) is 49.3 Å². The van der Waals surface area contributed by atoms with Gasteiger partial charge in [0, 0.05) is 6.54 Å². The number of urea groups is 1. The van der Waals surface area contributed by atoms with Gasteiger partial charge in [0.2, 0.25) is 5.91 Å². The summed E-state index contributed by atoms with van der Waals surface area (Å²) in [4.78, 5) is 37.9. The van der Waals surface area contributed by atoms with Crippen molar-refractivity contribution >= 4 is 17.8 Å². The Balaban J connectivity index is 1.80. The fourth-order valence-corrected chi connectivity index (χ4v) is 3.38. The van der Waals surface area contributed by atoms with E-state index in [1.807, 2.05) is 25.1 Å². The maximum absolute atomic E-state index is 12.8. The number of nitrogens with one attached hydrogen (secondary N) is 2. The number of carbonyl (C=O) groups excluding carboxylic acids is 3. The second kappa shape index (κ2) is 6.26. The Morgan fingerprint density at radius 2 is 2.04 bits per heavy atom. The third-order valence-corrected chi connectivity index (χ3v) is 4.82. The molecule has 3 rings (SSSR count). The third-order valence-electron chi connectivity index (χ3n) is 4.82. The van der Waals surface area contributed by atoms with Crippen molar-refractivity contribution in [3.8, 4) is 0 Å². The van der Waals surface area contributed by atoms with Crippen LogP contribution in [-0.4, -0.2) is 35.8 Å². The van der Waals surface area contributed by atoms with Gasteiger partial charge < -0.3 is 10.6 Å². The standard InChI is InChI=1S/C18H23N3O3/c1-3-9-19-15(22)11-21-16(23)18(2,20-17(21)24)14-8-7-12-5-4-6-13(12)10-14/h7-8,10H,3-6,9,11H2,1-2H3,(H,19,22)(H,20,24). The highest BCUT2D eigenvalue weighted by molar-refractivity contribution is 6.09. The van der Waals surface area contributed by atoms with Gasteiger partial charge in [-0.25, -0.2) is 4.79 Å². The monoisotopic (exact) mass is 329 g/mol. The molecule has 1 atom stereocenters. The van der Waals surface area contributed by atoms with Crippen molar-refractivity contribution in [2.45, 2.75) is 45.1 Å². The van der Waals surface area contributed by atoms with Gasteiger partial charge >= 0.3 is 6.03 Å². The van der Waals surface area contributed by atoms with Crippen LogP contribution in [0.4, 0.5) is 4.79 Å². The molecule has 1 aromatic rings. The van der Waals surface area contributed by atoms with Crippen LogP contribution in [0.3, 0.4) is 0 Å². The number of rotatable bonds is 5. The van der Waals surface area contributed by atoms with Crippen LogP contribution in [0.25, 0.3) is 0 Å². The van der Waals surface area contributed by atoms with E-state index in [4.69, 9.17) is 0 Å². The minimum Gasteiger partial charge on any atom is -0.355 e. The zero-order valence-corrected chi connectivity index (χ0v) is 14.1. The molecular formula is C18H23N3O3. The smallest absolute Gasteiger partial charge is 0.325 e. The molecule has 1 aromatic carbocycles. The van der Waals surface area contributed by atoms with E-state index in [1.165, 1.54) is 11.1 Å². The highest BCUT2D eigenvalue weighted by atomic mass is 16.2. The van der Waals surface area contributed by atoms with E-state index in [-0.39, 0.29) is 18.4 Å². The lowest BCUT2D eigenvalue weighted by Gasteiger charge is -2.23. The summed E-state index contributed by atoms with van der Waals surface area (Å²) in [5.74, 6) is -0.698. The molecule has 2 aliphatic rings. The molecule has 6 nitrogen and oxygen atoms in total. The third kappa shape index (κ3) is 2.77. The number of carbonyl (C=O) groups is 3. The quantitative estimate of drug-likeness (QED) is 0.803. The average Bonchev–Trinajstić information content (AvgIpc) is 3.11. The molecule has 0 radical (unpaired) electrons. The van der Waals surface area contributed by atoms with Crippen LogP contribution in [-0.2, 0) is 28.0 Å². The Kier molecular flexibility index (Phi) is 4.30. The van der Waals surface area contributed by atoms with Crippen molar-refractivity contribution < 1.29 is 14.4 Å². The molecule has 1 aliphatic carbocycles. The fraction of sp³-hybridized carbons (Fsp3) is 0.500. The van der Waals surface area contributed by atoms with Crippen LogP contribution in [0.15, 0.2) is 18.2 Å². The average molecular weight is 329 g/mol. The van der Waals surface area contributed by atoms with Gasteiger partial charge in [-0.1, -0.05) is 25.1 Å². The minimum absolute atomic E-state index is 0.245. The number of hydrogen-bond donors (Lipinski definition) is 2. The van der Waals surface area contributed by atoms with Gasteiger partial charge in [0.15, 0.2) is 0 Å². The summed E-state index contributed by atoms with van der Waals surface area (Å²) in [7, 11) is 0. The van der Waals surface area contributed by atoms with Crippen molar-refractivity contribution in [3.05, 3.63) is 34.9 Å². The Hall–Kier alpha value is -2.37. The van der Waals surface area contributed by atoms with E-state index in [0.717, 1.165) is 36.1 Å². The Morgan fingerprint density at radius 1 is 1.29 bits per heavy atom. The number of nitrogens with zero attached hydrogens (tertiary/aromatic N) is 1. The Labute approximate surface area is 141 Å². The number of benzene rings is 1. The van der Waals surface area contributed by atoms with E-state index >= 15 is 0 Å². The van der Waals surface area contributed by atoms with Crippen molar-refractivity contribution in [2.75, 3.05) is 13.1 Å². The highest BCUT2D eigenvalue weighted by Crippen LogP contribution is 2.32. The molecule has 1 fully saturated rings. The van der Waals surface area contributed by atoms with Crippen molar-refractivity contribution in [2.24, 2.45) is 0 Å². The van der Waals surface area contributed by atoms with Crippen LogP contribution in [0, 0.1) is 0 Å². The largest absolute Gasteiger partial charge is 0.355 e. The molecule has 1 unspecified atom stereocenters. The molecule has 6 heteroatoms. The van der Waals surface area contributed by atoms with E-state index < -0.39 is 11.6 Å². The lowest BCUT2D eigenvalue weighted by Crippen LogP contribution is -2.43. The first-order chi connectivity index (χ1) is 11.5. The molecule has 0 aromatic heterocycles. The maximum Gasteiger partial charge on any atom is 0.325 e. The topological polar surface area (TPSA) is 78.5 Å². The summed E-state index contributed by atoms with van der Waals surface area (Å²) < 4.78 is 0. The first kappa shape index (κ1) is 16.5. The zero-order chi connectivity index (χ0) is 17.3. The molecule has 0 spiro atoms. The normalized spacial score (nSPS) is 22.5. The maximum atomic E-state index is 12.8. The first-order valence-electron chi connectivity index (χ1n) is 8.49. The molecule has 1 saturated heterocycles. The second-order valence-corrected chi connectivity index (χ2v) is 6.63. The molecule has 1 aliphatic heterocycles. The molecule has 128 valence electrons. The van der Waals surface area contributed by atoms with Crippen molar-refractivity contribution in [3.63, 3.8) is 0 Å². The fourth-order valence-electron chi connectivity index (χ4n) is 3.38. The molecule has 24 heavy (non-hydrogen) atoms. The molecule has 2 N–H and O–H groups in total. The number of amides is 4. The number of aryl methyl sites for hydroxylation is 2. The Morgan fingerprint density at radius 3 is 2.79 bits per heavy atom. The van der Waals surface area contributed by atoms with Crippen LogP contribution in [0.2, 0.25) is 0 Å². The summed E-state index contributed by atoms with van der Waals surface area (Å²) >= 11 is 0. The summed E-state index contributed by atoms with van der Waals surface area (Å²) in [5.41, 5.74) is 2.22. The number of fused-ring (bicyclic) bond motifs is 1. The van der Waals surface area contributed by atoms with E-state index in [0.29, 0.717) is 6.54 Å². The van der Waals surface area contributed by atoms with Gasteiger partial charge in [0.1, 0.15) is 12.1 Å². The molecule has 4 amide bonds. The van der Waals surface area contributed by atoms with Crippen LogP contribution in [0.1, 0.15) is 43.4 Å². The van der Waals surface area contributed by atoms with Gasteiger partial charge in [-0.3, -0.25) is 14.5 Å². The van der Waals surface area contributed by atoms with Crippen LogP contribution < -0.4 is 10.6 Å². The van der Waals surface area contributed by atoms with Gasteiger partial charge in [-0.15, -0.1) is 0 Å². The van der Waals surface area contributed by atoms with E-state index in [2.05, 4.69) is 10.6 Å². The van der Waals surface area contributed by atoms with Gasteiger partial charge in [0.25, 0.3) is 5.91 Å². The highest BCUT2D eigenvalue weighted by Gasteiger charge is 2.49. The lowest BCUT2D eigenvalue weighted by atomic mass is 9.89. The summed E-state index contributed by atoms with van der Waals surface area (Å²) in [5, 5.41) is 5.45. The van der Waals surface area contributed by atoms with Crippen molar-refractivity contribution in [1.82, 2.24) is 15.5 Å². The molecule has 0 bridgehead atoms. The summed E-state index contributed by atoms with van der Waals surface area (Å²) in [6, 6.07) is 5.44. The number of hydrogen-bond acceptors (Lipinski definition) is 3. The molecule has 1 heterocycles. The summed E-state index contributed by atoms with van der Waals surface area (Å²) in [6.07, 6.45) is 4.00. The predicted octanol–water partition coefficient (Wildman–Crippen LogP) is 1.47. The predicted molar refractivity (Wildman–Crippen MR) is 89.4 cm³/mol. The van der Waals surface area contributed by atoms with E-state index in [1.54, 1.807) is 6.92 Å². The van der Waals surface area contributed by atoms with Crippen LogP contribution in [0.5, 0.6) is 0 Å². The van der Waals surface area contributed by atoms with Gasteiger partial charge in [-0.2, -0.15) is 0 Å².